The van der Waals surface area contributed by atoms with Gasteiger partial charge in [0.1, 0.15) is 0 Å². The van der Waals surface area contributed by atoms with Gasteiger partial charge in [-0.15, -0.1) is 0 Å². The third-order valence-corrected chi connectivity index (χ3v) is 1.88. The Bertz CT molecular complexity index is 332. The van der Waals surface area contributed by atoms with Gasteiger partial charge in [0.2, 0.25) is 6.10 Å². The van der Waals surface area contributed by atoms with Gasteiger partial charge in [-0.3, -0.25) is 0 Å². The summed E-state index contributed by atoms with van der Waals surface area (Å²) < 4.78 is 4.85. The largest absolute Gasteiger partial charge is 0.482 e. The fraction of sp³-hybridized carbons (Fsp3) is 0.100. The zero-order valence-corrected chi connectivity index (χ0v) is 8.07. The van der Waals surface area contributed by atoms with E-state index in [1.165, 1.54) is 0 Å². The molecule has 0 heterocycles. The van der Waals surface area contributed by atoms with Crippen LogP contribution in [0.25, 0.3) is 0 Å². The minimum atomic E-state index is -1.06. The molecule has 0 bridgehead atoms. The van der Waals surface area contributed by atoms with Crippen LogP contribution in [0, 0.1) is 0 Å². The molecule has 0 saturated heterocycles. The molecule has 0 saturated carbocycles. The molecule has 0 amide bonds. The average Bonchev–Trinajstić information content (AvgIpc) is 2.15. The third-order valence-electron chi connectivity index (χ3n) is 1.63. The van der Waals surface area contributed by atoms with Crippen LogP contribution >= 0.6 is 11.6 Å². The second-order valence-electron chi connectivity index (χ2n) is 2.57. The summed E-state index contributed by atoms with van der Waals surface area (Å²) in [6.07, 6.45) is 0.0812. The minimum Gasteiger partial charge on any atom is -0.482 e. The lowest BCUT2D eigenvalue weighted by atomic mass is 10.1. The number of carboxylic acid groups (broad SMARTS) is 1. The second-order valence-corrected chi connectivity index (χ2v) is 3.01. The lowest BCUT2D eigenvalue weighted by molar-refractivity contribution is -0.147. The number of carboxylic acids is 1. The maximum atomic E-state index is 10.8. The first-order valence-electron chi connectivity index (χ1n) is 3.90. The predicted octanol–water partition coefficient (Wildman–Crippen LogP) is 2.63. The van der Waals surface area contributed by atoms with Gasteiger partial charge in [-0.1, -0.05) is 30.3 Å². The van der Waals surface area contributed by atoms with E-state index < -0.39 is 12.1 Å². The number of benzene rings is 1. The van der Waals surface area contributed by atoms with Crippen LogP contribution < -0.4 is 0 Å². The highest BCUT2D eigenvalue weighted by Crippen LogP contribution is 2.20. The molecule has 0 aliphatic heterocycles. The topological polar surface area (TPSA) is 46.5 Å². The highest BCUT2D eigenvalue weighted by atomic mass is 35.5. The number of aliphatic carboxylic acids is 1. The first kappa shape index (κ1) is 10.6. The molecule has 0 aromatic heterocycles. The molecule has 4 heteroatoms. The summed E-state index contributed by atoms with van der Waals surface area (Å²) in [6, 6.07) is 6.42. The molecule has 74 valence electrons. The van der Waals surface area contributed by atoms with E-state index in [9.17, 15) is 4.79 Å². The Kier molecular flexibility index (Phi) is 3.54. The van der Waals surface area contributed by atoms with Crippen molar-refractivity contribution < 1.29 is 14.6 Å². The summed E-state index contributed by atoms with van der Waals surface area (Å²) in [5.74, 6) is -1.06. The van der Waals surface area contributed by atoms with Gasteiger partial charge in [0.05, 0.1) is 6.26 Å². The fourth-order valence-corrected chi connectivity index (χ4v) is 1.14. The number of halogens is 1. The summed E-state index contributed by atoms with van der Waals surface area (Å²) in [5.41, 5.74) is 0.529. The van der Waals surface area contributed by atoms with Crippen molar-refractivity contribution in [3.8, 4) is 0 Å². The van der Waals surface area contributed by atoms with Crippen molar-refractivity contribution in [2.45, 2.75) is 6.10 Å². The van der Waals surface area contributed by atoms with E-state index in [0.29, 0.717) is 10.6 Å². The van der Waals surface area contributed by atoms with Crippen molar-refractivity contribution in [2.24, 2.45) is 0 Å². The monoisotopic (exact) mass is 212 g/mol. The smallest absolute Gasteiger partial charge is 0.349 e. The maximum absolute atomic E-state index is 10.8. The molecule has 1 atom stereocenters. The Morgan fingerprint density at radius 1 is 1.50 bits per heavy atom. The molecular weight excluding hydrogens is 204 g/mol. The van der Waals surface area contributed by atoms with Crippen molar-refractivity contribution in [3.63, 3.8) is 0 Å². The van der Waals surface area contributed by atoms with E-state index >= 15 is 0 Å². The Hall–Kier alpha value is -1.48. The molecule has 0 aliphatic rings. The van der Waals surface area contributed by atoms with Crippen LogP contribution in [0.2, 0.25) is 5.02 Å². The van der Waals surface area contributed by atoms with Gasteiger partial charge in [-0.2, -0.15) is 0 Å². The van der Waals surface area contributed by atoms with Crippen LogP contribution in [0.3, 0.4) is 0 Å². The van der Waals surface area contributed by atoms with Gasteiger partial charge in [0.15, 0.2) is 0 Å². The molecule has 0 fully saturated rings. The molecule has 14 heavy (non-hydrogen) atoms. The van der Waals surface area contributed by atoms with Crippen molar-refractivity contribution in [1.29, 1.82) is 0 Å². The Morgan fingerprint density at radius 3 is 2.50 bits per heavy atom. The number of rotatable bonds is 4. The van der Waals surface area contributed by atoms with Crippen molar-refractivity contribution in [2.75, 3.05) is 0 Å². The normalized spacial score (nSPS) is 11.8. The van der Waals surface area contributed by atoms with Gasteiger partial charge in [0, 0.05) is 10.6 Å². The summed E-state index contributed by atoms with van der Waals surface area (Å²) in [4.78, 5) is 10.8. The summed E-state index contributed by atoms with van der Waals surface area (Å²) in [7, 11) is 0. The van der Waals surface area contributed by atoms with Crippen LogP contribution in [-0.2, 0) is 9.53 Å². The number of hydrogen-bond donors (Lipinski definition) is 1. The van der Waals surface area contributed by atoms with E-state index in [1.54, 1.807) is 24.3 Å². The van der Waals surface area contributed by atoms with E-state index in [1.807, 2.05) is 0 Å². The van der Waals surface area contributed by atoms with Crippen molar-refractivity contribution in [1.82, 2.24) is 0 Å². The van der Waals surface area contributed by atoms with Crippen LogP contribution in [0.5, 0.6) is 0 Å². The number of carbonyl (C=O) groups is 1. The molecule has 0 aliphatic carbocycles. The SMILES string of the molecule is C=COC(C(=O)O)c1ccc(Cl)cc1. The standard InChI is InChI=1S/C10H9ClO3/c1-2-14-9(10(12)13)7-3-5-8(11)6-4-7/h2-6,9H,1H2,(H,12,13). The van der Waals surface area contributed by atoms with Crippen molar-refractivity contribution in [3.05, 3.63) is 47.7 Å². The fourth-order valence-electron chi connectivity index (χ4n) is 1.01. The van der Waals surface area contributed by atoms with Gasteiger partial charge in [0.25, 0.3) is 0 Å². The average molecular weight is 213 g/mol. The van der Waals surface area contributed by atoms with Gasteiger partial charge >= 0.3 is 5.97 Å². The number of ether oxygens (including phenoxy) is 1. The Labute approximate surface area is 86.6 Å². The highest BCUT2D eigenvalue weighted by Gasteiger charge is 2.19. The van der Waals surface area contributed by atoms with Crippen LogP contribution in [0.15, 0.2) is 37.1 Å². The summed E-state index contributed by atoms with van der Waals surface area (Å²) in [6.45, 7) is 3.31. The van der Waals surface area contributed by atoms with Gasteiger partial charge in [-0.25, -0.2) is 4.79 Å². The first-order valence-corrected chi connectivity index (χ1v) is 4.27. The highest BCUT2D eigenvalue weighted by molar-refractivity contribution is 6.30. The van der Waals surface area contributed by atoms with Crippen LogP contribution in [0.4, 0.5) is 0 Å². The third kappa shape index (κ3) is 2.50. The zero-order valence-electron chi connectivity index (χ0n) is 7.31. The molecule has 0 radical (unpaired) electrons. The zero-order chi connectivity index (χ0) is 10.6. The lowest BCUT2D eigenvalue weighted by Crippen LogP contribution is -2.12. The molecule has 1 rings (SSSR count). The second kappa shape index (κ2) is 4.67. The first-order chi connectivity index (χ1) is 6.65. The molecular formula is C10H9ClO3. The summed E-state index contributed by atoms with van der Waals surface area (Å²) in [5, 5.41) is 9.37. The molecule has 1 unspecified atom stereocenters. The quantitative estimate of drug-likeness (QED) is 0.781. The molecule has 1 aromatic rings. The number of hydrogen-bond acceptors (Lipinski definition) is 2. The van der Waals surface area contributed by atoms with E-state index in [4.69, 9.17) is 21.4 Å². The molecule has 0 spiro atoms. The Morgan fingerprint density at radius 2 is 2.07 bits per heavy atom. The minimum absolute atomic E-state index is 0.529. The van der Waals surface area contributed by atoms with Crippen LogP contribution in [0.1, 0.15) is 11.7 Å². The predicted molar refractivity (Wildman–Crippen MR) is 53.1 cm³/mol. The molecule has 1 N–H and O–H groups in total. The van der Waals surface area contributed by atoms with Gasteiger partial charge in [-0.05, 0) is 12.1 Å². The van der Waals surface area contributed by atoms with Crippen LogP contribution in [-0.4, -0.2) is 11.1 Å². The lowest BCUT2D eigenvalue weighted by Gasteiger charge is -2.11. The van der Waals surface area contributed by atoms with E-state index in [0.717, 1.165) is 6.26 Å². The summed E-state index contributed by atoms with van der Waals surface area (Å²) >= 11 is 5.66. The molecule has 1 aromatic carbocycles. The maximum Gasteiger partial charge on any atom is 0.349 e. The van der Waals surface area contributed by atoms with Crippen molar-refractivity contribution >= 4 is 17.6 Å². The van der Waals surface area contributed by atoms with E-state index in [-0.39, 0.29) is 0 Å². The van der Waals surface area contributed by atoms with Gasteiger partial charge < -0.3 is 9.84 Å². The Balaban J connectivity index is 2.93. The molecule has 3 nitrogen and oxygen atoms in total. The van der Waals surface area contributed by atoms with E-state index in [2.05, 4.69) is 6.58 Å².